The highest BCUT2D eigenvalue weighted by atomic mass is 35.5. The zero-order valence-electron chi connectivity index (χ0n) is 17.0. The van der Waals surface area contributed by atoms with Gasteiger partial charge in [0.05, 0.1) is 22.6 Å². The summed E-state index contributed by atoms with van der Waals surface area (Å²) in [6.07, 6.45) is 0.777. The average molecular weight is 409 g/mol. The van der Waals surface area contributed by atoms with Gasteiger partial charge in [-0.2, -0.15) is 0 Å². The van der Waals surface area contributed by atoms with Crippen molar-refractivity contribution in [3.63, 3.8) is 0 Å². The Bertz CT molecular complexity index is 1080. The predicted octanol–water partition coefficient (Wildman–Crippen LogP) is 4.34. The van der Waals surface area contributed by atoms with Crippen molar-refractivity contribution in [2.24, 2.45) is 0 Å². The van der Waals surface area contributed by atoms with Crippen LogP contribution in [0.5, 0.6) is 0 Å². The smallest absolute Gasteiger partial charge is 0.255 e. The average Bonchev–Trinajstić information content (AvgIpc) is 2.68. The van der Waals surface area contributed by atoms with Crippen molar-refractivity contribution in [3.8, 4) is 11.3 Å². The lowest BCUT2D eigenvalue weighted by atomic mass is 9.95. The van der Waals surface area contributed by atoms with Gasteiger partial charge in [0.25, 0.3) is 5.56 Å². The van der Waals surface area contributed by atoms with E-state index in [4.69, 9.17) is 21.6 Å². The first-order valence-corrected chi connectivity index (χ1v) is 10.2. The molecule has 5 nitrogen and oxygen atoms in total. The number of pyridine rings is 1. The molecule has 0 aliphatic carbocycles. The van der Waals surface area contributed by atoms with Crippen molar-refractivity contribution in [3.05, 3.63) is 80.6 Å². The van der Waals surface area contributed by atoms with E-state index in [1.807, 2.05) is 42.5 Å². The molecule has 0 atom stereocenters. The van der Waals surface area contributed by atoms with Crippen LogP contribution < -0.4 is 5.56 Å². The number of hydrogen-bond acceptors (Lipinski definition) is 4. The summed E-state index contributed by atoms with van der Waals surface area (Å²) in [6, 6.07) is 13.7. The van der Waals surface area contributed by atoms with E-state index >= 15 is 0 Å². The van der Waals surface area contributed by atoms with E-state index in [1.165, 1.54) is 0 Å². The largest absolute Gasteiger partial charge is 0.310 e. The molecule has 0 fully saturated rings. The molecule has 4 rings (SSSR count). The van der Waals surface area contributed by atoms with Gasteiger partial charge in [-0.25, -0.2) is 4.98 Å². The summed E-state index contributed by atoms with van der Waals surface area (Å²) < 4.78 is 0. The fourth-order valence-electron chi connectivity index (χ4n) is 3.55. The van der Waals surface area contributed by atoms with Crippen LogP contribution in [0, 0.1) is 0 Å². The highest BCUT2D eigenvalue weighted by Crippen LogP contribution is 2.23. The van der Waals surface area contributed by atoms with Gasteiger partial charge in [0, 0.05) is 42.1 Å². The number of nitrogens with one attached hydrogen (secondary N) is 1. The van der Waals surface area contributed by atoms with Crippen LogP contribution in [0.15, 0.2) is 47.3 Å². The normalized spacial score (nSPS) is 14.6. The topological polar surface area (TPSA) is 61.9 Å². The van der Waals surface area contributed by atoms with Crippen LogP contribution in [0.2, 0.25) is 5.02 Å². The van der Waals surface area contributed by atoms with Crippen LogP contribution in [-0.4, -0.2) is 26.4 Å². The molecule has 0 unspecified atom stereocenters. The third-order valence-electron chi connectivity index (χ3n) is 5.19. The Morgan fingerprint density at radius 3 is 2.59 bits per heavy atom. The summed E-state index contributed by atoms with van der Waals surface area (Å²) in [7, 11) is 0. The summed E-state index contributed by atoms with van der Waals surface area (Å²) in [5, 5.41) is 0.713. The molecule has 0 bridgehead atoms. The zero-order valence-corrected chi connectivity index (χ0v) is 17.8. The van der Waals surface area contributed by atoms with E-state index in [0.717, 1.165) is 47.0 Å². The first-order chi connectivity index (χ1) is 13.8. The molecule has 1 aliphatic heterocycles. The second-order valence-corrected chi connectivity index (χ2v) is 9.01. The molecule has 29 heavy (non-hydrogen) atoms. The van der Waals surface area contributed by atoms with E-state index in [9.17, 15) is 4.79 Å². The Balaban J connectivity index is 1.53. The number of H-pyrrole nitrogens is 1. The number of aromatic amines is 1. The molecule has 3 aromatic rings. The van der Waals surface area contributed by atoms with Crippen LogP contribution in [0.1, 0.15) is 43.5 Å². The maximum Gasteiger partial charge on any atom is 0.255 e. The molecule has 0 amide bonds. The zero-order chi connectivity index (χ0) is 20.6. The van der Waals surface area contributed by atoms with E-state index < -0.39 is 0 Å². The Kier molecular flexibility index (Phi) is 5.28. The van der Waals surface area contributed by atoms with Gasteiger partial charge < -0.3 is 4.98 Å². The van der Waals surface area contributed by atoms with Crippen LogP contribution in [0.4, 0.5) is 0 Å². The number of hydrogen-bond donors (Lipinski definition) is 1. The van der Waals surface area contributed by atoms with Crippen LogP contribution >= 0.6 is 11.6 Å². The predicted molar refractivity (Wildman–Crippen MR) is 116 cm³/mol. The second-order valence-electron chi connectivity index (χ2n) is 8.57. The Hall–Kier alpha value is -2.50. The van der Waals surface area contributed by atoms with Crippen molar-refractivity contribution >= 4 is 11.6 Å². The molecular weight excluding hydrogens is 384 g/mol. The van der Waals surface area contributed by atoms with Gasteiger partial charge in [-0.05, 0) is 24.3 Å². The number of halogens is 1. The summed E-state index contributed by atoms with van der Waals surface area (Å²) in [6.45, 7) is 8.33. The fourth-order valence-corrected chi connectivity index (χ4v) is 3.68. The molecule has 6 heteroatoms. The summed E-state index contributed by atoms with van der Waals surface area (Å²) in [4.78, 5) is 27.4. The molecule has 1 aromatic carbocycles. The third kappa shape index (κ3) is 4.41. The second kappa shape index (κ2) is 7.73. The monoisotopic (exact) mass is 408 g/mol. The minimum atomic E-state index is -0.169. The maximum atomic E-state index is 12.6. The van der Waals surface area contributed by atoms with Crippen LogP contribution in [-0.2, 0) is 24.9 Å². The van der Waals surface area contributed by atoms with Gasteiger partial charge in [0.15, 0.2) is 0 Å². The van der Waals surface area contributed by atoms with Crippen molar-refractivity contribution < 1.29 is 0 Å². The SMILES string of the molecule is CC(C)(C)c1nc2c(c(=O)[nH]1)CN(Cc1cccc(-c3ccc(Cl)cc3)n1)CC2. The van der Waals surface area contributed by atoms with Gasteiger partial charge in [0.1, 0.15) is 5.82 Å². The highest BCUT2D eigenvalue weighted by Gasteiger charge is 2.25. The number of nitrogens with zero attached hydrogens (tertiary/aromatic N) is 3. The molecule has 0 spiro atoms. The highest BCUT2D eigenvalue weighted by molar-refractivity contribution is 6.30. The maximum absolute atomic E-state index is 12.6. The molecule has 2 aromatic heterocycles. The Morgan fingerprint density at radius 1 is 1.10 bits per heavy atom. The Morgan fingerprint density at radius 2 is 1.86 bits per heavy atom. The molecule has 0 saturated heterocycles. The number of aromatic nitrogens is 3. The minimum absolute atomic E-state index is 0.0208. The quantitative estimate of drug-likeness (QED) is 0.700. The van der Waals surface area contributed by atoms with Crippen LogP contribution in [0.3, 0.4) is 0 Å². The fraction of sp³-hybridized carbons (Fsp3) is 0.348. The molecular formula is C23H25ClN4O. The van der Waals surface area contributed by atoms with E-state index in [-0.39, 0.29) is 11.0 Å². The van der Waals surface area contributed by atoms with Gasteiger partial charge in [-0.3, -0.25) is 14.7 Å². The molecule has 150 valence electrons. The number of rotatable bonds is 3. The third-order valence-corrected chi connectivity index (χ3v) is 5.44. The summed E-state index contributed by atoms with van der Waals surface area (Å²) >= 11 is 5.99. The summed E-state index contributed by atoms with van der Waals surface area (Å²) in [5.41, 5.74) is 4.46. The molecule has 1 N–H and O–H groups in total. The number of benzene rings is 1. The van der Waals surface area contributed by atoms with E-state index in [1.54, 1.807) is 0 Å². The van der Waals surface area contributed by atoms with E-state index in [0.29, 0.717) is 18.1 Å². The molecule has 3 heterocycles. The molecule has 0 saturated carbocycles. The first kappa shape index (κ1) is 19.8. The standard InChI is InChI=1S/C23H25ClN4O/c1-23(2,3)22-26-20-11-12-28(14-18(20)21(29)27-22)13-17-5-4-6-19(25-17)15-7-9-16(24)10-8-15/h4-10H,11-14H2,1-3H3,(H,26,27,29). The minimum Gasteiger partial charge on any atom is -0.310 e. The van der Waals surface area contributed by atoms with Crippen molar-refractivity contribution in [2.75, 3.05) is 6.54 Å². The first-order valence-electron chi connectivity index (χ1n) is 9.86. The molecule has 0 radical (unpaired) electrons. The van der Waals surface area contributed by atoms with Crippen molar-refractivity contribution in [1.29, 1.82) is 0 Å². The lowest BCUT2D eigenvalue weighted by Crippen LogP contribution is -2.37. The van der Waals surface area contributed by atoms with Gasteiger partial charge in [0.2, 0.25) is 0 Å². The lowest BCUT2D eigenvalue weighted by Gasteiger charge is -2.28. The number of fused-ring (bicyclic) bond motifs is 1. The van der Waals surface area contributed by atoms with Gasteiger partial charge >= 0.3 is 0 Å². The Labute approximate surface area is 175 Å². The van der Waals surface area contributed by atoms with Crippen LogP contribution in [0.25, 0.3) is 11.3 Å². The van der Waals surface area contributed by atoms with Crippen molar-refractivity contribution in [1.82, 2.24) is 19.9 Å². The van der Waals surface area contributed by atoms with E-state index in [2.05, 4.69) is 30.7 Å². The van der Waals surface area contributed by atoms with Gasteiger partial charge in [-0.1, -0.05) is 50.6 Å². The molecule has 1 aliphatic rings. The van der Waals surface area contributed by atoms with Crippen molar-refractivity contribution in [2.45, 2.75) is 45.7 Å². The lowest BCUT2D eigenvalue weighted by molar-refractivity contribution is 0.238. The summed E-state index contributed by atoms with van der Waals surface area (Å²) in [5.74, 6) is 0.757. The van der Waals surface area contributed by atoms with Gasteiger partial charge in [-0.15, -0.1) is 0 Å².